The molecule has 2 aromatic rings. The molecule has 0 radical (unpaired) electrons. The average molecular weight is 396 g/mol. The molecule has 0 heterocycles. The number of carbonyl (C=O) groups is 1. The van der Waals surface area contributed by atoms with Crippen molar-refractivity contribution in [3.05, 3.63) is 63.6 Å². The Labute approximate surface area is 164 Å². The Kier molecular flexibility index (Phi) is 7.76. The van der Waals surface area contributed by atoms with Crippen LogP contribution in [0.5, 0.6) is 5.75 Å². The van der Waals surface area contributed by atoms with Crippen molar-refractivity contribution >= 4 is 29.2 Å². The van der Waals surface area contributed by atoms with Crippen molar-refractivity contribution in [1.82, 2.24) is 5.32 Å². The summed E-state index contributed by atoms with van der Waals surface area (Å²) in [4.78, 5) is 11.4. The number of benzene rings is 2. The number of halogens is 2. The Bertz CT molecular complexity index is 750. The highest BCUT2D eigenvalue weighted by Crippen LogP contribution is 2.25. The van der Waals surface area contributed by atoms with Gasteiger partial charge in [0.15, 0.2) is 0 Å². The van der Waals surface area contributed by atoms with Crippen LogP contribution in [0.15, 0.2) is 42.5 Å². The minimum Gasteiger partial charge on any atom is -0.489 e. The molecular weight excluding hydrogens is 373 g/mol. The fourth-order valence-electron chi connectivity index (χ4n) is 2.57. The highest BCUT2D eigenvalue weighted by atomic mass is 35.5. The second kappa shape index (κ2) is 9.81. The van der Waals surface area contributed by atoms with Gasteiger partial charge in [-0.1, -0.05) is 55.2 Å². The van der Waals surface area contributed by atoms with Crippen LogP contribution in [0.2, 0.25) is 10.0 Å². The van der Waals surface area contributed by atoms with Crippen molar-refractivity contribution in [1.29, 1.82) is 0 Å². The lowest BCUT2D eigenvalue weighted by Gasteiger charge is -2.18. The van der Waals surface area contributed by atoms with Crippen LogP contribution in [0.4, 0.5) is 0 Å². The van der Waals surface area contributed by atoms with E-state index < -0.39 is 12.0 Å². The summed E-state index contributed by atoms with van der Waals surface area (Å²) >= 11 is 12.3. The second-order valence-electron chi connectivity index (χ2n) is 6.53. The molecule has 2 aromatic carbocycles. The van der Waals surface area contributed by atoms with Crippen molar-refractivity contribution in [3.8, 4) is 5.75 Å². The first-order valence-electron chi connectivity index (χ1n) is 8.47. The van der Waals surface area contributed by atoms with Gasteiger partial charge in [-0.2, -0.15) is 0 Å². The fourth-order valence-corrected chi connectivity index (χ4v) is 2.96. The van der Waals surface area contributed by atoms with E-state index >= 15 is 0 Å². The van der Waals surface area contributed by atoms with Crippen LogP contribution in [-0.4, -0.2) is 17.1 Å². The maximum absolute atomic E-state index is 11.4. The summed E-state index contributed by atoms with van der Waals surface area (Å²) in [6.45, 7) is 4.66. The van der Waals surface area contributed by atoms with Crippen LogP contribution in [0.25, 0.3) is 0 Å². The molecule has 0 bridgehead atoms. The average Bonchev–Trinajstić information content (AvgIpc) is 2.58. The smallest absolute Gasteiger partial charge is 0.320 e. The largest absolute Gasteiger partial charge is 0.489 e. The molecule has 0 fully saturated rings. The van der Waals surface area contributed by atoms with Gasteiger partial charge >= 0.3 is 5.97 Å². The van der Waals surface area contributed by atoms with Crippen LogP contribution in [-0.2, 0) is 17.9 Å². The Morgan fingerprint density at radius 1 is 1.15 bits per heavy atom. The standard InChI is InChI=1S/C20H23Cl2NO3/c1-13(2)9-18(20(24)25)23-11-15-10-16(21)7-8-19(15)26-12-14-5-3-4-6-17(14)22/h3-8,10,13,18,23H,9,11-12H2,1-2H3,(H,24,25). The summed E-state index contributed by atoms with van der Waals surface area (Å²) in [5.74, 6) is 0.0636. The van der Waals surface area contributed by atoms with Gasteiger partial charge in [-0.15, -0.1) is 0 Å². The molecule has 2 N–H and O–H groups in total. The van der Waals surface area contributed by atoms with Gasteiger partial charge in [-0.05, 0) is 36.6 Å². The van der Waals surface area contributed by atoms with Gasteiger partial charge in [0.05, 0.1) is 0 Å². The summed E-state index contributed by atoms with van der Waals surface area (Å²) in [6.07, 6.45) is 0.547. The van der Waals surface area contributed by atoms with Gasteiger partial charge in [0.1, 0.15) is 18.4 Å². The van der Waals surface area contributed by atoms with E-state index in [-0.39, 0.29) is 5.92 Å². The molecule has 0 saturated carbocycles. The zero-order chi connectivity index (χ0) is 19.1. The fraction of sp³-hybridized carbons (Fsp3) is 0.350. The Hall–Kier alpha value is -1.75. The minimum atomic E-state index is -0.862. The Morgan fingerprint density at radius 2 is 1.88 bits per heavy atom. The Morgan fingerprint density at radius 3 is 2.54 bits per heavy atom. The minimum absolute atomic E-state index is 0.277. The zero-order valence-electron chi connectivity index (χ0n) is 14.8. The van der Waals surface area contributed by atoms with Crippen LogP contribution >= 0.6 is 23.2 Å². The second-order valence-corrected chi connectivity index (χ2v) is 7.38. The lowest BCUT2D eigenvalue weighted by molar-refractivity contribution is -0.140. The highest BCUT2D eigenvalue weighted by Gasteiger charge is 2.19. The molecule has 0 amide bonds. The van der Waals surface area contributed by atoms with Crippen LogP contribution < -0.4 is 10.1 Å². The van der Waals surface area contributed by atoms with Gasteiger partial charge in [0.25, 0.3) is 0 Å². The molecule has 0 aromatic heterocycles. The van der Waals surface area contributed by atoms with E-state index in [0.717, 1.165) is 11.1 Å². The molecule has 0 aliphatic rings. The van der Waals surface area contributed by atoms with Gasteiger partial charge < -0.3 is 15.2 Å². The number of ether oxygens (including phenoxy) is 1. The predicted molar refractivity (Wildman–Crippen MR) is 105 cm³/mol. The van der Waals surface area contributed by atoms with Crippen molar-refractivity contribution < 1.29 is 14.6 Å². The summed E-state index contributed by atoms with van der Waals surface area (Å²) in [7, 11) is 0. The van der Waals surface area contributed by atoms with Gasteiger partial charge in [0, 0.05) is 27.7 Å². The molecule has 6 heteroatoms. The Balaban J connectivity index is 2.09. The third kappa shape index (κ3) is 6.20. The maximum atomic E-state index is 11.4. The van der Waals surface area contributed by atoms with E-state index in [4.69, 9.17) is 27.9 Å². The first-order valence-corrected chi connectivity index (χ1v) is 9.23. The SMILES string of the molecule is CC(C)CC(NCc1cc(Cl)ccc1OCc1ccccc1Cl)C(=O)O. The number of hydrogen-bond acceptors (Lipinski definition) is 3. The molecular formula is C20H23Cl2NO3. The molecule has 0 aliphatic carbocycles. The number of hydrogen-bond donors (Lipinski definition) is 2. The van der Waals surface area contributed by atoms with Gasteiger partial charge in [-0.25, -0.2) is 0 Å². The number of carboxylic acids is 1. The first-order chi connectivity index (χ1) is 12.4. The van der Waals surface area contributed by atoms with E-state index in [0.29, 0.717) is 35.4 Å². The highest BCUT2D eigenvalue weighted by molar-refractivity contribution is 6.31. The van der Waals surface area contributed by atoms with Crippen molar-refractivity contribution in [2.24, 2.45) is 5.92 Å². The van der Waals surface area contributed by atoms with Gasteiger partial charge in [-0.3, -0.25) is 4.79 Å². The van der Waals surface area contributed by atoms with Crippen molar-refractivity contribution in [3.63, 3.8) is 0 Å². The van der Waals surface area contributed by atoms with Gasteiger partial charge in [0.2, 0.25) is 0 Å². The van der Waals surface area contributed by atoms with E-state index in [9.17, 15) is 9.90 Å². The summed E-state index contributed by atoms with van der Waals surface area (Å²) in [5, 5.41) is 13.7. The molecule has 26 heavy (non-hydrogen) atoms. The third-order valence-corrected chi connectivity index (χ3v) is 4.51. The molecule has 1 atom stereocenters. The molecule has 2 rings (SSSR count). The quantitative estimate of drug-likeness (QED) is 0.615. The van der Waals surface area contributed by atoms with Crippen molar-refractivity contribution in [2.75, 3.05) is 0 Å². The first kappa shape index (κ1) is 20.6. The molecule has 0 spiro atoms. The molecule has 140 valence electrons. The molecule has 4 nitrogen and oxygen atoms in total. The zero-order valence-corrected chi connectivity index (χ0v) is 16.3. The van der Waals surface area contributed by atoms with Crippen LogP contribution in [0.1, 0.15) is 31.4 Å². The summed E-state index contributed by atoms with van der Waals surface area (Å²) < 4.78 is 5.90. The number of rotatable bonds is 9. The van der Waals surface area contributed by atoms with E-state index in [1.54, 1.807) is 18.2 Å². The van der Waals surface area contributed by atoms with E-state index in [1.165, 1.54) is 0 Å². The number of carboxylic acid groups (broad SMARTS) is 1. The molecule has 0 aliphatic heterocycles. The number of aliphatic carboxylic acids is 1. The van der Waals surface area contributed by atoms with Crippen LogP contribution in [0, 0.1) is 5.92 Å². The van der Waals surface area contributed by atoms with E-state index in [1.807, 2.05) is 38.1 Å². The lowest BCUT2D eigenvalue weighted by atomic mass is 10.0. The van der Waals surface area contributed by atoms with Crippen molar-refractivity contribution in [2.45, 2.75) is 39.5 Å². The number of nitrogens with one attached hydrogen (secondary N) is 1. The van der Waals surface area contributed by atoms with E-state index in [2.05, 4.69) is 5.32 Å². The third-order valence-electron chi connectivity index (χ3n) is 3.91. The maximum Gasteiger partial charge on any atom is 0.320 e. The summed E-state index contributed by atoms with van der Waals surface area (Å²) in [6, 6.07) is 12.2. The topological polar surface area (TPSA) is 58.6 Å². The normalized spacial score (nSPS) is 12.2. The van der Waals surface area contributed by atoms with Crippen LogP contribution in [0.3, 0.4) is 0 Å². The molecule has 0 saturated heterocycles. The lowest BCUT2D eigenvalue weighted by Crippen LogP contribution is -2.37. The molecule has 1 unspecified atom stereocenters. The predicted octanol–water partition coefficient (Wildman–Crippen LogP) is 5.16. The monoisotopic (exact) mass is 395 g/mol. The summed E-state index contributed by atoms with van der Waals surface area (Å²) in [5.41, 5.74) is 1.69.